The summed E-state index contributed by atoms with van der Waals surface area (Å²) < 4.78 is 32.1. The van der Waals surface area contributed by atoms with Crippen molar-refractivity contribution in [2.24, 2.45) is 0 Å². The van der Waals surface area contributed by atoms with E-state index in [0.717, 1.165) is 10.0 Å². The molecule has 7 nitrogen and oxygen atoms in total. The van der Waals surface area contributed by atoms with Gasteiger partial charge in [-0.3, -0.25) is 9.59 Å². The molecule has 0 aliphatic heterocycles. The molecule has 2 aromatic carbocycles. The van der Waals surface area contributed by atoms with Crippen molar-refractivity contribution in [3.8, 4) is 0 Å². The second-order valence-corrected chi connectivity index (χ2v) is 9.21. The topological polar surface area (TPSA) is 92.8 Å². The highest BCUT2D eigenvalue weighted by Gasteiger charge is 2.21. The van der Waals surface area contributed by atoms with Gasteiger partial charge in [-0.25, -0.2) is 8.42 Å². The maximum absolute atomic E-state index is 12.5. The van der Waals surface area contributed by atoms with E-state index in [-0.39, 0.29) is 17.9 Å². The molecule has 0 saturated carbocycles. The van der Waals surface area contributed by atoms with Gasteiger partial charge in [0.1, 0.15) is 0 Å². The molecule has 0 fully saturated rings. The van der Waals surface area contributed by atoms with Crippen molar-refractivity contribution < 1.29 is 22.7 Å². The van der Waals surface area contributed by atoms with Crippen LogP contribution in [0.5, 0.6) is 0 Å². The largest absolute Gasteiger partial charge is 0.456 e. The van der Waals surface area contributed by atoms with Crippen LogP contribution in [0.1, 0.15) is 25.8 Å². The average molecular weight is 497 g/mol. The number of rotatable bonds is 10. The van der Waals surface area contributed by atoms with E-state index in [4.69, 9.17) is 4.74 Å². The van der Waals surface area contributed by atoms with Crippen LogP contribution in [0.3, 0.4) is 0 Å². The molecule has 2 aromatic rings. The number of para-hydroxylation sites is 1. The van der Waals surface area contributed by atoms with E-state index in [2.05, 4.69) is 21.2 Å². The molecule has 0 aromatic heterocycles. The fraction of sp³-hybridized carbons (Fsp3) is 0.333. The van der Waals surface area contributed by atoms with Crippen LogP contribution in [-0.2, 0) is 30.8 Å². The molecule has 0 unspecified atom stereocenters. The minimum Gasteiger partial charge on any atom is -0.456 e. The van der Waals surface area contributed by atoms with E-state index in [1.54, 1.807) is 56.3 Å². The van der Waals surface area contributed by atoms with Crippen LogP contribution in [0, 0.1) is 0 Å². The first-order chi connectivity index (χ1) is 14.3. The molecule has 0 radical (unpaired) electrons. The molecule has 0 bridgehead atoms. The zero-order valence-electron chi connectivity index (χ0n) is 16.9. The average Bonchev–Trinajstić information content (AvgIpc) is 2.73. The summed E-state index contributed by atoms with van der Waals surface area (Å²) in [7, 11) is -3.50. The molecule has 30 heavy (non-hydrogen) atoms. The summed E-state index contributed by atoms with van der Waals surface area (Å²) in [4.78, 5) is 24.1. The minimum atomic E-state index is -3.50. The van der Waals surface area contributed by atoms with Crippen molar-refractivity contribution >= 4 is 43.5 Å². The molecule has 0 aliphatic carbocycles. The van der Waals surface area contributed by atoms with E-state index >= 15 is 0 Å². The number of hydrogen-bond acceptors (Lipinski definition) is 5. The first kappa shape index (κ1) is 24.0. The molecule has 1 N–H and O–H groups in total. The van der Waals surface area contributed by atoms with Crippen molar-refractivity contribution in [3.63, 3.8) is 0 Å². The molecular formula is C21H25BrN2O5S. The summed E-state index contributed by atoms with van der Waals surface area (Å²) in [5.74, 6) is -0.932. The maximum atomic E-state index is 12.5. The van der Waals surface area contributed by atoms with Gasteiger partial charge in [0.15, 0.2) is 6.61 Å². The van der Waals surface area contributed by atoms with Crippen molar-refractivity contribution in [2.45, 2.75) is 31.6 Å². The number of nitrogens with zero attached hydrogens (tertiary/aromatic N) is 1. The third kappa shape index (κ3) is 6.65. The van der Waals surface area contributed by atoms with Gasteiger partial charge >= 0.3 is 5.97 Å². The van der Waals surface area contributed by atoms with Crippen LogP contribution in [0.15, 0.2) is 57.9 Å². The summed E-state index contributed by atoms with van der Waals surface area (Å²) in [6, 6.07) is 13.6. The number of halogens is 1. The Kier molecular flexibility index (Phi) is 9.01. The summed E-state index contributed by atoms with van der Waals surface area (Å²) in [6.07, 6.45) is 0.473. The van der Waals surface area contributed by atoms with Crippen molar-refractivity contribution in [3.05, 3.63) is 58.6 Å². The van der Waals surface area contributed by atoms with Crippen LogP contribution in [0.4, 0.5) is 5.69 Å². The molecule has 9 heteroatoms. The highest BCUT2D eigenvalue weighted by molar-refractivity contribution is 9.10. The standard InChI is InChI=1S/C21H25BrN2O5S/c1-3-24(4-2)30(27,28)17-12-9-16(10-13-17)11-14-21(26)29-15-20(25)23-19-8-6-5-7-18(19)22/h5-10,12-13H,3-4,11,14-15H2,1-2H3,(H,23,25). The number of nitrogens with one attached hydrogen (secondary N) is 1. The minimum absolute atomic E-state index is 0.0878. The number of esters is 1. The lowest BCUT2D eigenvalue weighted by molar-refractivity contribution is -0.147. The fourth-order valence-corrected chi connectivity index (χ4v) is 4.60. The number of amides is 1. The lowest BCUT2D eigenvalue weighted by Crippen LogP contribution is -2.30. The number of ether oxygens (including phenoxy) is 1. The Labute approximate surface area is 185 Å². The molecule has 0 aliphatic rings. The Balaban J connectivity index is 1.82. The summed E-state index contributed by atoms with van der Waals surface area (Å²) in [6.45, 7) is 4.02. The second kappa shape index (κ2) is 11.2. The zero-order chi connectivity index (χ0) is 22.1. The first-order valence-electron chi connectivity index (χ1n) is 9.57. The SMILES string of the molecule is CCN(CC)S(=O)(=O)c1ccc(CCC(=O)OCC(=O)Nc2ccccc2Br)cc1. The lowest BCUT2D eigenvalue weighted by atomic mass is 10.1. The number of sulfonamides is 1. The van der Waals surface area contributed by atoms with Crippen LogP contribution in [-0.4, -0.2) is 44.3 Å². The number of anilines is 1. The number of hydrogen-bond donors (Lipinski definition) is 1. The van der Waals surface area contributed by atoms with Crippen molar-refractivity contribution in [1.82, 2.24) is 4.31 Å². The van der Waals surface area contributed by atoms with Crippen LogP contribution >= 0.6 is 15.9 Å². The third-order valence-corrected chi connectivity index (χ3v) is 7.15. The Morgan fingerprint density at radius 2 is 1.67 bits per heavy atom. The van der Waals surface area contributed by atoms with Crippen LogP contribution in [0.25, 0.3) is 0 Å². The van der Waals surface area contributed by atoms with Gasteiger partial charge in [-0.2, -0.15) is 4.31 Å². The first-order valence-corrected chi connectivity index (χ1v) is 11.8. The van der Waals surface area contributed by atoms with Gasteiger partial charge < -0.3 is 10.1 Å². The summed E-state index contributed by atoms with van der Waals surface area (Å²) in [5.41, 5.74) is 1.40. The van der Waals surface area contributed by atoms with E-state index in [9.17, 15) is 18.0 Å². The Morgan fingerprint density at radius 3 is 2.27 bits per heavy atom. The number of benzene rings is 2. The van der Waals surface area contributed by atoms with Crippen molar-refractivity contribution in [1.29, 1.82) is 0 Å². The molecule has 2 rings (SSSR count). The molecule has 162 valence electrons. The quantitative estimate of drug-likeness (QED) is 0.507. The normalized spacial score (nSPS) is 11.3. The van der Waals surface area contributed by atoms with Gasteiger partial charge in [-0.15, -0.1) is 0 Å². The number of carbonyl (C=O) groups excluding carboxylic acids is 2. The summed E-state index contributed by atoms with van der Waals surface area (Å²) >= 11 is 3.33. The maximum Gasteiger partial charge on any atom is 0.306 e. The van der Waals surface area contributed by atoms with E-state index < -0.39 is 21.9 Å². The molecule has 0 spiro atoms. The van der Waals surface area contributed by atoms with Gasteiger partial charge in [-0.1, -0.05) is 38.1 Å². The molecule has 1 amide bonds. The van der Waals surface area contributed by atoms with E-state index in [1.165, 1.54) is 4.31 Å². The van der Waals surface area contributed by atoms with Crippen LogP contribution < -0.4 is 5.32 Å². The van der Waals surface area contributed by atoms with E-state index in [1.807, 2.05) is 6.07 Å². The predicted octanol–water partition coefficient (Wildman–Crippen LogP) is 3.59. The third-order valence-electron chi connectivity index (χ3n) is 4.40. The van der Waals surface area contributed by atoms with Gasteiger partial charge in [-0.05, 0) is 52.2 Å². The van der Waals surface area contributed by atoms with E-state index in [0.29, 0.717) is 25.2 Å². The monoisotopic (exact) mass is 496 g/mol. The highest BCUT2D eigenvalue weighted by atomic mass is 79.9. The summed E-state index contributed by atoms with van der Waals surface area (Å²) in [5, 5.41) is 2.65. The zero-order valence-corrected chi connectivity index (χ0v) is 19.3. The predicted molar refractivity (Wildman–Crippen MR) is 119 cm³/mol. The van der Waals surface area contributed by atoms with Gasteiger partial charge in [0.2, 0.25) is 10.0 Å². The fourth-order valence-electron chi connectivity index (χ4n) is 2.75. The van der Waals surface area contributed by atoms with Crippen LogP contribution in [0.2, 0.25) is 0 Å². The Morgan fingerprint density at radius 1 is 1.03 bits per heavy atom. The molecule has 0 heterocycles. The lowest BCUT2D eigenvalue weighted by Gasteiger charge is -2.18. The smallest absolute Gasteiger partial charge is 0.306 e. The second-order valence-electron chi connectivity index (χ2n) is 6.42. The van der Waals surface area contributed by atoms with Gasteiger partial charge in [0.25, 0.3) is 5.91 Å². The Hall–Kier alpha value is -2.23. The van der Waals surface area contributed by atoms with Gasteiger partial charge in [0, 0.05) is 24.0 Å². The Bertz CT molecular complexity index is 973. The van der Waals surface area contributed by atoms with Gasteiger partial charge in [0.05, 0.1) is 10.6 Å². The molecule has 0 atom stereocenters. The number of carbonyl (C=O) groups is 2. The highest BCUT2D eigenvalue weighted by Crippen LogP contribution is 2.21. The number of aryl methyl sites for hydroxylation is 1. The molecule has 0 saturated heterocycles. The van der Waals surface area contributed by atoms with Crippen molar-refractivity contribution in [2.75, 3.05) is 25.0 Å². The molecular weight excluding hydrogens is 472 g/mol.